The third-order valence-electron chi connectivity index (χ3n) is 3.37. The maximum absolute atomic E-state index is 12.1. The Balaban J connectivity index is 2.42. The van der Waals surface area contributed by atoms with E-state index in [1.165, 1.54) is 17.0 Å². The van der Waals surface area contributed by atoms with E-state index in [1.54, 1.807) is 7.05 Å². The molecule has 8 nitrogen and oxygen atoms in total. The largest absolute Gasteiger partial charge is 0.444 e. The van der Waals surface area contributed by atoms with Crippen LogP contribution in [0.2, 0.25) is 0 Å². The lowest BCUT2D eigenvalue weighted by Gasteiger charge is -2.26. The van der Waals surface area contributed by atoms with Gasteiger partial charge in [0, 0.05) is 40.0 Å². The second kappa shape index (κ2) is 8.12. The Morgan fingerprint density at radius 1 is 1.38 bits per heavy atom. The summed E-state index contributed by atoms with van der Waals surface area (Å²) in [6.07, 6.45) is 0.249. The lowest BCUT2D eigenvalue weighted by Crippen LogP contribution is -2.42. The van der Waals surface area contributed by atoms with Gasteiger partial charge in [-0.25, -0.2) is 9.80 Å². The fourth-order valence-corrected chi connectivity index (χ4v) is 2.15. The predicted molar refractivity (Wildman–Crippen MR) is 90.5 cm³/mol. The Kier molecular flexibility index (Phi) is 6.74. The molecule has 0 unspecified atom stereocenters. The van der Waals surface area contributed by atoms with Crippen molar-refractivity contribution in [2.75, 3.05) is 27.2 Å². The van der Waals surface area contributed by atoms with Crippen LogP contribution in [-0.2, 0) is 14.3 Å². The number of carbonyl (C=O) groups excluding carboxylic acids is 3. The number of carbonyl (C=O) groups is 3. The zero-order valence-corrected chi connectivity index (χ0v) is 15.4. The van der Waals surface area contributed by atoms with E-state index in [0.717, 1.165) is 0 Å². The van der Waals surface area contributed by atoms with Crippen molar-refractivity contribution in [3.8, 4) is 0 Å². The fourth-order valence-electron chi connectivity index (χ4n) is 2.15. The summed E-state index contributed by atoms with van der Waals surface area (Å²) < 4.78 is 5.29. The minimum atomic E-state index is -0.536. The standard InChI is InChI=1S/C16H28N4O4/c1-11(10-19(5)15(23)24-16(2,3)4)9-17-14(22)12-7-8-13(21)20(6)18-12/h11H,7-10H2,1-6H3,(H,17,22)/t11-/m0/s1. The van der Waals surface area contributed by atoms with Crippen LogP contribution >= 0.6 is 0 Å². The molecule has 1 heterocycles. The maximum atomic E-state index is 12.1. The molecule has 24 heavy (non-hydrogen) atoms. The molecule has 0 aromatic rings. The summed E-state index contributed by atoms with van der Waals surface area (Å²) in [6.45, 7) is 8.24. The Bertz CT molecular complexity index is 525. The van der Waals surface area contributed by atoms with Crippen molar-refractivity contribution in [3.63, 3.8) is 0 Å². The molecule has 1 atom stereocenters. The van der Waals surface area contributed by atoms with Crippen LogP contribution in [0.1, 0.15) is 40.5 Å². The number of rotatable bonds is 5. The van der Waals surface area contributed by atoms with E-state index in [2.05, 4.69) is 10.4 Å². The molecule has 8 heteroatoms. The van der Waals surface area contributed by atoms with Crippen LogP contribution in [0.3, 0.4) is 0 Å². The van der Waals surface area contributed by atoms with Crippen molar-refractivity contribution < 1.29 is 19.1 Å². The van der Waals surface area contributed by atoms with Gasteiger partial charge in [-0.15, -0.1) is 0 Å². The molecule has 136 valence electrons. The van der Waals surface area contributed by atoms with Crippen LogP contribution in [0.4, 0.5) is 4.79 Å². The number of hydrogen-bond acceptors (Lipinski definition) is 5. The Hall–Kier alpha value is -2.12. The highest BCUT2D eigenvalue weighted by Crippen LogP contribution is 2.10. The van der Waals surface area contributed by atoms with Gasteiger partial charge in [0.05, 0.1) is 0 Å². The molecule has 0 aromatic carbocycles. The van der Waals surface area contributed by atoms with Gasteiger partial charge < -0.3 is 15.0 Å². The maximum Gasteiger partial charge on any atom is 0.410 e. The SMILES string of the molecule is C[C@@H](CNC(=O)C1=NN(C)C(=O)CC1)CN(C)C(=O)OC(C)(C)C. The number of amides is 3. The summed E-state index contributed by atoms with van der Waals surface area (Å²) >= 11 is 0. The van der Waals surface area contributed by atoms with Crippen molar-refractivity contribution in [3.05, 3.63) is 0 Å². The summed E-state index contributed by atoms with van der Waals surface area (Å²) in [5.41, 5.74) is -0.185. The first-order valence-corrected chi connectivity index (χ1v) is 8.06. The molecular formula is C16H28N4O4. The van der Waals surface area contributed by atoms with Gasteiger partial charge in [0.15, 0.2) is 0 Å². The highest BCUT2D eigenvalue weighted by Gasteiger charge is 2.23. The van der Waals surface area contributed by atoms with Gasteiger partial charge in [-0.3, -0.25) is 9.59 Å². The first kappa shape index (κ1) is 19.9. The molecule has 1 N–H and O–H groups in total. The molecular weight excluding hydrogens is 312 g/mol. The topological polar surface area (TPSA) is 91.3 Å². The first-order valence-electron chi connectivity index (χ1n) is 8.06. The van der Waals surface area contributed by atoms with Crippen LogP contribution in [0.15, 0.2) is 5.10 Å². The Morgan fingerprint density at radius 3 is 2.54 bits per heavy atom. The third kappa shape index (κ3) is 6.55. The normalized spacial score (nSPS) is 16.3. The minimum absolute atomic E-state index is 0.0509. The summed E-state index contributed by atoms with van der Waals surface area (Å²) in [4.78, 5) is 36.8. The van der Waals surface area contributed by atoms with Crippen molar-refractivity contribution >= 4 is 23.6 Å². The van der Waals surface area contributed by atoms with Crippen molar-refractivity contribution in [2.45, 2.75) is 46.1 Å². The van der Waals surface area contributed by atoms with Gasteiger partial charge in [-0.05, 0) is 26.7 Å². The second-order valence-electron chi connectivity index (χ2n) is 7.14. The van der Waals surface area contributed by atoms with Crippen LogP contribution < -0.4 is 5.32 Å². The average Bonchev–Trinajstić information content (AvgIpc) is 2.45. The highest BCUT2D eigenvalue weighted by molar-refractivity contribution is 6.39. The predicted octanol–water partition coefficient (Wildman–Crippen LogP) is 1.21. The number of hydrogen-bond donors (Lipinski definition) is 1. The van der Waals surface area contributed by atoms with Gasteiger partial charge in [0.2, 0.25) is 5.91 Å². The molecule has 0 fully saturated rings. The van der Waals surface area contributed by atoms with Crippen molar-refractivity contribution in [1.29, 1.82) is 0 Å². The Morgan fingerprint density at radius 2 is 2.00 bits per heavy atom. The third-order valence-corrected chi connectivity index (χ3v) is 3.37. The van der Waals surface area contributed by atoms with E-state index in [9.17, 15) is 14.4 Å². The highest BCUT2D eigenvalue weighted by atomic mass is 16.6. The first-order chi connectivity index (χ1) is 11.0. The van der Waals surface area contributed by atoms with Crippen LogP contribution in [0.25, 0.3) is 0 Å². The van der Waals surface area contributed by atoms with E-state index in [-0.39, 0.29) is 17.7 Å². The summed E-state index contributed by atoms with van der Waals surface area (Å²) in [5, 5.41) is 7.96. The van der Waals surface area contributed by atoms with E-state index in [1.807, 2.05) is 27.7 Å². The summed E-state index contributed by atoms with van der Waals surface area (Å²) in [7, 11) is 3.20. The lowest BCUT2D eigenvalue weighted by molar-refractivity contribution is -0.130. The zero-order valence-electron chi connectivity index (χ0n) is 15.4. The number of nitrogens with zero attached hydrogens (tertiary/aromatic N) is 3. The number of nitrogens with one attached hydrogen (secondary N) is 1. The number of ether oxygens (including phenoxy) is 1. The molecule has 0 bridgehead atoms. The molecule has 0 saturated heterocycles. The van der Waals surface area contributed by atoms with Gasteiger partial charge >= 0.3 is 6.09 Å². The quantitative estimate of drug-likeness (QED) is 0.814. The van der Waals surface area contributed by atoms with Crippen molar-refractivity contribution in [1.82, 2.24) is 15.2 Å². The smallest absolute Gasteiger partial charge is 0.410 e. The molecule has 1 aliphatic heterocycles. The fraction of sp³-hybridized carbons (Fsp3) is 0.750. The van der Waals surface area contributed by atoms with Gasteiger partial charge in [-0.2, -0.15) is 5.10 Å². The number of hydrazone groups is 1. The Labute approximate surface area is 143 Å². The average molecular weight is 340 g/mol. The molecule has 1 aliphatic rings. The van der Waals surface area contributed by atoms with E-state index < -0.39 is 11.7 Å². The molecule has 0 spiro atoms. The monoisotopic (exact) mass is 340 g/mol. The summed E-state index contributed by atoms with van der Waals surface area (Å²) in [6, 6.07) is 0. The van der Waals surface area contributed by atoms with Gasteiger partial charge in [-0.1, -0.05) is 6.92 Å². The molecule has 0 saturated carbocycles. The molecule has 0 aromatic heterocycles. The molecule has 0 radical (unpaired) electrons. The minimum Gasteiger partial charge on any atom is -0.444 e. The van der Waals surface area contributed by atoms with E-state index in [4.69, 9.17) is 4.74 Å². The zero-order chi connectivity index (χ0) is 18.5. The van der Waals surface area contributed by atoms with Crippen LogP contribution in [0.5, 0.6) is 0 Å². The molecule has 3 amide bonds. The van der Waals surface area contributed by atoms with Crippen molar-refractivity contribution in [2.24, 2.45) is 11.0 Å². The van der Waals surface area contributed by atoms with Crippen LogP contribution in [-0.4, -0.2) is 66.3 Å². The molecule has 0 aliphatic carbocycles. The van der Waals surface area contributed by atoms with Crippen LogP contribution in [0, 0.1) is 5.92 Å². The van der Waals surface area contributed by atoms with Gasteiger partial charge in [0.1, 0.15) is 11.3 Å². The molecule has 1 rings (SSSR count). The lowest BCUT2D eigenvalue weighted by atomic mass is 10.1. The summed E-state index contributed by atoms with van der Waals surface area (Å²) in [5.74, 6) is -0.324. The van der Waals surface area contributed by atoms with E-state index in [0.29, 0.717) is 31.6 Å². The second-order valence-corrected chi connectivity index (χ2v) is 7.14. The van der Waals surface area contributed by atoms with E-state index >= 15 is 0 Å². The van der Waals surface area contributed by atoms with Gasteiger partial charge in [0.25, 0.3) is 5.91 Å².